The van der Waals surface area contributed by atoms with Crippen molar-refractivity contribution in [2.45, 2.75) is 37.0 Å². The Hall–Kier alpha value is -0.380. The fraction of sp³-hybridized carbons (Fsp3) is 0.533. The molecule has 1 saturated carbocycles. The second-order valence-electron chi connectivity index (χ2n) is 5.24. The lowest BCUT2D eigenvalue weighted by molar-refractivity contribution is 0.522. The zero-order chi connectivity index (χ0) is 14.1. The van der Waals surface area contributed by atoms with Crippen LogP contribution in [0.15, 0.2) is 18.2 Å². The number of fused-ring (bicyclic) bond motifs is 1. The SMILES string of the molecule is CSC1CCCC1n1c(CCCl)nc2ccc(Cl)cc21. The number of rotatable bonds is 4. The van der Waals surface area contributed by atoms with Gasteiger partial charge in [0.15, 0.2) is 0 Å². The molecule has 3 rings (SSSR count). The first-order valence-electron chi connectivity index (χ1n) is 6.99. The molecule has 20 heavy (non-hydrogen) atoms. The third-order valence-corrected chi connectivity index (χ3v) is 5.67. The van der Waals surface area contributed by atoms with Crippen molar-refractivity contribution < 1.29 is 0 Å². The summed E-state index contributed by atoms with van der Waals surface area (Å²) >= 11 is 14.1. The van der Waals surface area contributed by atoms with Gasteiger partial charge in [-0.15, -0.1) is 11.6 Å². The van der Waals surface area contributed by atoms with E-state index in [1.165, 1.54) is 19.3 Å². The molecule has 0 amide bonds. The van der Waals surface area contributed by atoms with Gasteiger partial charge >= 0.3 is 0 Å². The average Bonchev–Trinajstić information content (AvgIpc) is 3.02. The Labute approximate surface area is 133 Å². The summed E-state index contributed by atoms with van der Waals surface area (Å²) in [6.07, 6.45) is 6.81. The van der Waals surface area contributed by atoms with Crippen molar-refractivity contribution >= 4 is 46.0 Å². The molecule has 2 atom stereocenters. The smallest absolute Gasteiger partial charge is 0.111 e. The Morgan fingerprint density at radius 1 is 1.40 bits per heavy atom. The zero-order valence-corrected chi connectivity index (χ0v) is 13.8. The van der Waals surface area contributed by atoms with Crippen molar-refractivity contribution in [2.75, 3.05) is 12.1 Å². The zero-order valence-electron chi connectivity index (χ0n) is 11.5. The number of imidazole rings is 1. The molecule has 108 valence electrons. The fourth-order valence-corrected chi connectivity index (χ4v) is 4.53. The van der Waals surface area contributed by atoms with Crippen LogP contribution in [0, 0.1) is 0 Å². The Balaban J connectivity index is 2.14. The minimum absolute atomic E-state index is 0.520. The number of alkyl halides is 1. The maximum Gasteiger partial charge on any atom is 0.111 e. The third-order valence-electron chi connectivity index (χ3n) is 4.09. The topological polar surface area (TPSA) is 17.8 Å². The minimum Gasteiger partial charge on any atom is -0.324 e. The van der Waals surface area contributed by atoms with E-state index in [0.29, 0.717) is 17.2 Å². The highest BCUT2D eigenvalue weighted by molar-refractivity contribution is 7.99. The molecule has 5 heteroatoms. The monoisotopic (exact) mass is 328 g/mol. The predicted octanol–water partition coefficient (Wildman–Crippen LogP) is 4.93. The molecule has 0 aliphatic heterocycles. The molecular weight excluding hydrogens is 311 g/mol. The summed E-state index contributed by atoms with van der Waals surface area (Å²) in [5, 5.41) is 1.44. The molecule has 0 N–H and O–H groups in total. The second-order valence-corrected chi connectivity index (χ2v) is 7.13. The molecule has 1 fully saturated rings. The van der Waals surface area contributed by atoms with Crippen molar-refractivity contribution in [3.63, 3.8) is 0 Å². The highest BCUT2D eigenvalue weighted by Gasteiger charge is 2.30. The van der Waals surface area contributed by atoms with E-state index in [9.17, 15) is 0 Å². The van der Waals surface area contributed by atoms with Crippen molar-refractivity contribution in [3.05, 3.63) is 29.0 Å². The number of thioether (sulfide) groups is 1. The quantitative estimate of drug-likeness (QED) is 0.740. The summed E-state index contributed by atoms with van der Waals surface area (Å²) in [6, 6.07) is 6.48. The number of aryl methyl sites for hydroxylation is 1. The molecule has 0 saturated heterocycles. The van der Waals surface area contributed by atoms with Gasteiger partial charge in [0.05, 0.1) is 11.0 Å². The van der Waals surface area contributed by atoms with Crippen molar-refractivity contribution in [3.8, 4) is 0 Å². The third kappa shape index (κ3) is 2.56. The average molecular weight is 329 g/mol. The highest BCUT2D eigenvalue weighted by Crippen LogP contribution is 2.40. The van der Waals surface area contributed by atoms with Gasteiger partial charge in [-0.1, -0.05) is 18.0 Å². The molecule has 1 aliphatic carbocycles. The lowest BCUT2D eigenvalue weighted by Gasteiger charge is -2.22. The van der Waals surface area contributed by atoms with E-state index in [-0.39, 0.29) is 0 Å². The Bertz CT molecular complexity index is 611. The van der Waals surface area contributed by atoms with Crippen LogP contribution in [0.25, 0.3) is 11.0 Å². The summed E-state index contributed by atoms with van der Waals surface area (Å²) in [7, 11) is 0. The van der Waals surface area contributed by atoms with Gasteiger partial charge in [0.25, 0.3) is 0 Å². The summed E-state index contributed by atoms with van der Waals surface area (Å²) < 4.78 is 2.40. The number of aromatic nitrogens is 2. The van der Waals surface area contributed by atoms with Crippen LogP contribution in [0.5, 0.6) is 0 Å². The number of halogens is 2. The standard InChI is InChI=1S/C15H18Cl2N2S/c1-20-14-4-2-3-12(14)19-13-9-10(17)5-6-11(13)18-15(19)7-8-16/h5-6,9,12,14H,2-4,7-8H2,1H3. The van der Waals surface area contributed by atoms with Crippen LogP contribution >= 0.6 is 35.0 Å². The molecule has 1 aromatic carbocycles. The maximum atomic E-state index is 6.18. The van der Waals surface area contributed by atoms with E-state index in [0.717, 1.165) is 28.3 Å². The van der Waals surface area contributed by atoms with Gasteiger partial charge in [0.2, 0.25) is 0 Å². The molecule has 0 bridgehead atoms. The normalized spacial score (nSPS) is 22.8. The van der Waals surface area contributed by atoms with Crippen LogP contribution in [0.4, 0.5) is 0 Å². The van der Waals surface area contributed by atoms with Crippen LogP contribution in [0.3, 0.4) is 0 Å². The molecule has 1 aromatic heterocycles. The minimum atomic E-state index is 0.520. The van der Waals surface area contributed by atoms with Gasteiger partial charge in [0.1, 0.15) is 5.82 Å². The van der Waals surface area contributed by atoms with Crippen molar-refractivity contribution in [2.24, 2.45) is 0 Å². The first kappa shape index (κ1) is 14.6. The number of hydrogen-bond acceptors (Lipinski definition) is 2. The Morgan fingerprint density at radius 3 is 3.00 bits per heavy atom. The van der Waals surface area contributed by atoms with Gasteiger partial charge < -0.3 is 4.57 Å². The first-order valence-corrected chi connectivity index (χ1v) is 9.19. The van der Waals surface area contributed by atoms with E-state index in [4.69, 9.17) is 28.2 Å². The first-order chi connectivity index (χ1) is 9.74. The van der Waals surface area contributed by atoms with E-state index in [2.05, 4.69) is 10.8 Å². The Morgan fingerprint density at radius 2 is 2.25 bits per heavy atom. The van der Waals surface area contributed by atoms with E-state index >= 15 is 0 Å². The van der Waals surface area contributed by atoms with Gasteiger partial charge in [-0.3, -0.25) is 0 Å². The molecule has 0 spiro atoms. The second kappa shape index (κ2) is 6.17. The van der Waals surface area contributed by atoms with Crippen LogP contribution < -0.4 is 0 Å². The lowest BCUT2D eigenvalue weighted by Crippen LogP contribution is -2.18. The number of benzene rings is 1. The molecule has 2 aromatic rings. The van der Waals surface area contributed by atoms with E-state index in [1.807, 2.05) is 30.0 Å². The Kier molecular flexibility index (Phi) is 4.49. The molecule has 1 heterocycles. The number of hydrogen-bond donors (Lipinski definition) is 0. The summed E-state index contributed by atoms with van der Waals surface area (Å²) in [5.41, 5.74) is 2.19. The predicted molar refractivity (Wildman–Crippen MR) is 89.4 cm³/mol. The largest absolute Gasteiger partial charge is 0.324 e. The van der Waals surface area contributed by atoms with Gasteiger partial charge in [-0.25, -0.2) is 4.98 Å². The van der Waals surface area contributed by atoms with Crippen molar-refractivity contribution in [1.82, 2.24) is 9.55 Å². The molecular formula is C15H18Cl2N2S. The van der Waals surface area contributed by atoms with E-state index in [1.54, 1.807) is 0 Å². The molecule has 1 aliphatic rings. The van der Waals surface area contributed by atoms with Crippen LogP contribution in [0.1, 0.15) is 31.1 Å². The molecule has 2 nitrogen and oxygen atoms in total. The van der Waals surface area contributed by atoms with Crippen LogP contribution in [-0.2, 0) is 6.42 Å². The number of nitrogens with zero attached hydrogens (tertiary/aromatic N) is 2. The van der Waals surface area contributed by atoms with Gasteiger partial charge in [-0.05, 0) is 37.3 Å². The summed E-state index contributed by atoms with van der Waals surface area (Å²) in [6.45, 7) is 0. The van der Waals surface area contributed by atoms with Crippen LogP contribution in [0.2, 0.25) is 5.02 Å². The molecule has 0 radical (unpaired) electrons. The van der Waals surface area contributed by atoms with Crippen molar-refractivity contribution in [1.29, 1.82) is 0 Å². The van der Waals surface area contributed by atoms with E-state index < -0.39 is 0 Å². The van der Waals surface area contributed by atoms with Gasteiger partial charge in [-0.2, -0.15) is 11.8 Å². The maximum absolute atomic E-state index is 6.18. The summed E-state index contributed by atoms with van der Waals surface area (Å²) in [5.74, 6) is 1.71. The molecule has 2 unspecified atom stereocenters. The fourth-order valence-electron chi connectivity index (χ4n) is 3.22. The van der Waals surface area contributed by atoms with Crippen LogP contribution in [-0.4, -0.2) is 26.9 Å². The van der Waals surface area contributed by atoms with Gasteiger partial charge in [0, 0.05) is 28.6 Å². The lowest BCUT2D eigenvalue weighted by atomic mass is 10.2. The summed E-state index contributed by atoms with van der Waals surface area (Å²) in [4.78, 5) is 4.77. The highest BCUT2D eigenvalue weighted by atomic mass is 35.5.